The third-order valence-corrected chi connectivity index (χ3v) is 4.36. The lowest BCUT2D eigenvalue weighted by molar-refractivity contribution is 0.0176. The average molecular weight is 394 g/mol. The minimum atomic E-state index is -3.06. The van der Waals surface area contributed by atoms with Gasteiger partial charge in [0.05, 0.1) is 0 Å². The van der Waals surface area contributed by atoms with Crippen molar-refractivity contribution >= 4 is 17.3 Å². The van der Waals surface area contributed by atoms with Crippen molar-refractivity contribution in [1.29, 1.82) is 5.53 Å². The van der Waals surface area contributed by atoms with Gasteiger partial charge in [-0.2, -0.15) is 5.11 Å². The highest BCUT2D eigenvalue weighted by molar-refractivity contribution is 6.31. The van der Waals surface area contributed by atoms with Crippen LogP contribution in [0.25, 0.3) is 0 Å². The number of hydrogen-bond acceptors (Lipinski definition) is 6. The van der Waals surface area contributed by atoms with Crippen molar-refractivity contribution in [2.75, 3.05) is 11.9 Å². The highest BCUT2D eigenvalue weighted by Gasteiger charge is 2.27. The Labute approximate surface area is 160 Å². The summed E-state index contributed by atoms with van der Waals surface area (Å²) in [6.07, 6.45) is 7.19. The second-order valence-electron chi connectivity index (χ2n) is 6.34. The normalized spacial score (nSPS) is 14.7. The number of nitrogens with one attached hydrogen (secondary N) is 2. The maximum Gasteiger partial charge on any atom is 0.316 e. The van der Waals surface area contributed by atoms with Crippen LogP contribution in [0.4, 0.5) is 14.5 Å². The fourth-order valence-corrected chi connectivity index (χ4v) is 2.67. The van der Waals surface area contributed by atoms with Crippen molar-refractivity contribution in [2.45, 2.75) is 31.6 Å². The van der Waals surface area contributed by atoms with Crippen molar-refractivity contribution in [1.82, 2.24) is 9.97 Å². The zero-order valence-corrected chi connectivity index (χ0v) is 15.3. The molecule has 1 heterocycles. The molecule has 1 saturated carbocycles. The summed E-state index contributed by atoms with van der Waals surface area (Å²) in [7, 11) is 0. The Morgan fingerprint density at radius 3 is 2.70 bits per heavy atom. The number of ether oxygens (including phenoxy) is 1. The molecule has 1 aromatic carbocycles. The molecule has 3 rings (SSSR count). The second kappa shape index (κ2) is 7.96. The molecule has 0 spiro atoms. The van der Waals surface area contributed by atoms with Crippen molar-refractivity contribution < 1.29 is 13.5 Å². The third-order valence-electron chi connectivity index (χ3n) is 4.03. The van der Waals surface area contributed by atoms with Gasteiger partial charge in [0.15, 0.2) is 0 Å². The van der Waals surface area contributed by atoms with E-state index in [9.17, 15) is 8.78 Å². The van der Waals surface area contributed by atoms with Crippen LogP contribution in [0.5, 0.6) is 6.01 Å². The topological polar surface area (TPSA) is 83.2 Å². The van der Waals surface area contributed by atoms with Crippen molar-refractivity contribution in [3.05, 3.63) is 58.6 Å². The van der Waals surface area contributed by atoms with Gasteiger partial charge in [-0.3, -0.25) is 0 Å². The van der Waals surface area contributed by atoms with Crippen molar-refractivity contribution in [3.8, 4) is 6.01 Å². The molecule has 2 aromatic rings. The van der Waals surface area contributed by atoms with E-state index >= 15 is 0 Å². The molecule has 27 heavy (non-hydrogen) atoms. The Hall–Kier alpha value is -2.61. The third kappa shape index (κ3) is 5.19. The van der Waals surface area contributed by atoms with Gasteiger partial charge in [-0.25, -0.2) is 24.3 Å². The molecule has 0 amide bonds. The molecule has 0 aliphatic heterocycles. The number of benzene rings is 1. The van der Waals surface area contributed by atoms with Gasteiger partial charge in [0.25, 0.3) is 5.92 Å². The Balaban J connectivity index is 1.61. The zero-order chi connectivity index (χ0) is 19.4. The van der Waals surface area contributed by atoms with E-state index in [0.717, 1.165) is 25.3 Å². The number of hydrogen-bond donors (Lipinski definition) is 2. The lowest BCUT2D eigenvalue weighted by atomic mass is 10.1. The maximum absolute atomic E-state index is 13.5. The molecule has 9 heteroatoms. The van der Waals surface area contributed by atoms with Crippen LogP contribution < -0.4 is 10.1 Å². The van der Waals surface area contributed by atoms with Gasteiger partial charge in [0, 0.05) is 41.8 Å². The SMILES string of the molecule is CC(F)(F)c1cc(N/C=C(/COc2ncc(C3CC3)cn2)N=N)ccc1Cl. The van der Waals surface area contributed by atoms with Gasteiger partial charge in [-0.05, 0) is 42.5 Å². The Morgan fingerprint density at radius 2 is 2.11 bits per heavy atom. The molecule has 6 nitrogen and oxygen atoms in total. The monoisotopic (exact) mass is 393 g/mol. The molecule has 0 atom stereocenters. The first-order valence-electron chi connectivity index (χ1n) is 8.32. The first-order chi connectivity index (χ1) is 12.9. The van der Waals surface area contributed by atoms with Gasteiger partial charge in [0.1, 0.15) is 12.3 Å². The standard InChI is InChI=1S/C18H18ClF2N5O/c1-18(20,21)15-6-13(4-5-16(15)19)23-9-14(26-22)10-27-17-24-7-12(8-25-17)11-2-3-11/h4-9,11,22-23H,2-3,10H2,1H3/b14-9-,26-22?. The number of alkyl halides is 2. The van der Waals surface area contributed by atoms with Crippen LogP contribution >= 0.6 is 11.6 Å². The van der Waals surface area contributed by atoms with Gasteiger partial charge < -0.3 is 10.1 Å². The average Bonchev–Trinajstić information content (AvgIpc) is 3.48. The number of rotatable bonds is 8. The van der Waals surface area contributed by atoms with Crippen LogP contribution in [0, 0.1) is 5.53 Å². The molecule has 0 bridgehead atoms. The van der Waals surface area contributed by atoms with E-state index in [4.69, 9.17) is 21.9 Å². The Bertz CT molecular complexity index is 848. The van der Waals surface area contributed by atoms with Crippen LogP contribution in [0.15, 0.2) is 47.6 Å². The summed E-state index contributed by atoms with van der Waals surface area (Å²) in [5, 5.41) is 6.16. The van der Waals surface area contributed by atoms with Crippen molar-refractivity contribution in [2.24, 2.45) is 5.11 Å². The van der Waals surface area contributed by atoms with Gasteiger partial charge in [-0.15, -0.1) is 0 Å². The van der Waals surface area contributed by atoms with Gasteiger partial charge >= 0.3 is 6.01 Å². The Morgan fingerprint density at radius 1 is 1.41 bits per heavy atom. The number of halogens is 3. The summed E-state index contributed by atoms with van der Waals surface area (Å²) in [5.74, 6) is -2.50. The lowest BCUT2D eigenvalue weighted by Crippen LogP contribution is -2.08. The minimum absolute atomic E-state index is 0.0161. The van der Waals surface area contributed by atoms with Crippen LogP contribution in [0.1, 0.15) is 36.8 Å². The molecule has 0 saturated heterocycles. The molecule has 2 N–H and O–H groups in total. The van der Waals surface area contributed by atoms with E-state index in [0.29, 0.717) is 11.6 Å². The summed E-state index contributed by atoms with van der Waals surface area (Å²) < 4.78 is 32.5. The van der Waals surface area contributed by atoms with Gasteiger partial charge in [0.2, 0.25) is 0 Å². The smallest absolute Gasteiger partial charge is 0.316 e. The number of aromatic nitrogens is 2. The molecule has 1 aromatic heterocycles. The van der Waals surface area contributed by atoms with Gasteiger partial charge in [-0.1, -0.05) is 11.6 Å². The number of nitrogens with zero attached hydrogens (tertiary/aromatic N) is 3. The summed E-state index contributed by atoms with van der Waals surface area (Å²) >= 11 is 5.82. The lowest BCUT2D eigenvalue weighted by Gasteiger charge is -2.14. The molecule has 1 fully saturated rings. The summed E-state index contributed by atoms with van der Waals surface area (Å²) in [4.78, 5) is 8.26. The first-order valence-corrected chi connectivity index (χ1v) is 8.70. The van der Waals surface area contributed by atoms with E-state index in [1.54, 1.807) is 18.5 Å². The zero-order valence-electron chi connectivity index (χ0n) is 14.5. The molecule has 142 valence electrons. The molecular weight excluding hydrogens is 376 g/mol. The highest BCUT2D eigenvalue weighted by atomic mass is 35.5. The summed E-state index contributed by atoms with van der Waals surface area (Å²) in [5.41, 5.74) is 8.66. The fraction of sp³-hybridized carbons (Fsp3) is 0.333. The Kier molecular flexibility index (Phi) is 5.65. The summed E-state index contributed by atoms with van der Waals surface area (Å²) in [6.45, 7) is 0.740. The number of anilines is 1. The summed E-state index contributed by atoms with van der Waals surface area (Å²) in [6, 6.07) is 4.37. The van der Waals surface area contributed by atoms with Crippen LogP contribution in [0.2, 0.25) is 5.02 Å². The van der Waals surface area contributed by atoms with Crippen LogP contribution in [-0.2, 0) is 5.92 Å². The predicted molar refractivity (Wildman–Crippen MR) is 97.4 cm³/mol. The quantitative estimate of drug-likeness (QED) is 0.581. The first kappa shape index (κ1) is 19.2. The highest BCUT2D eigenvalue weighted by Crippen LogP contribution is 2.39. The largest absolute Gasteiger partial charge is 0.457 e. The molecule has 0 radical (unpaired) electrons. The van der Waals surface area contributed by atoms with E-state index in [1.807, 2.05) is 0 Å². The van der Waals surface area contributed by atoms with E-state index < -0.39 is 5.92 Å². The van der Waals surface area contributed by atoms with Crippen molar-refractivity contribution in [3.63, 3.8) is 0 Å². The minimum Gasteiger partial charge on any atom is -0.457 e. The molecular formula is C18H18ClF2N5O. The molecule has 1 aliphatic rings. The van der Waals surface area contributed by atoms with E-state index in [1.165, 1.54) is 18.3 Å². The van der Waals surface area contributed by atoms with Crippen LogP contribution in [0.3, 0.4) is 0 Å². The fourth-order valence-electron chi connectivity index (χ4n) is 2.39. The van der Waals surface area contributed by atoms with Crippen LogP contribution in [-0.4, -0.2) is 16.6 Å². The molecule has 1 aliphatic carbocycles. The predicted octanol–water partition coefficient (Wildman–Crippen LogP) is 5.48. The maximum atomic E-state index is 13.5. The second-order valence-corrected chi connectivity index (χ2v) is 6.74. The van der Waals surface area contributed by atoms with E-state index in [-0.39, 0.29) is 28.9 Å². The molecule has 0 unspecified atom stereocenters. The van der Waals surface area contributed by atoms with E-state index in [2.05, 4.69) is 20.4 Å².